The van der Waals surface area contributed by atoms with Crippen LogP contribution in [0.25, 0.3) is 0 Å². The Morgan fingerprint density at radius 2 is 1.95 bits per heavy atom. The van der Waals surface area contributed by atoms with Crippen LogP contribution >= 0.6 is 0 Å². The van der Waals surface area contributed by atoms with Gasteiger partial charge in [0.25, 0.3) is 0 Å². The molecule has 3 rings (SSSR count). The van der Waals surface area contributed by atoms with E-state index in [4.69, 9.17) is 10.8 Å². The maximum Gasteiger partial charge on any atom is 0.0728 e. The topological polar surface area (TPSA) is 43.8 Å². The van der Waals surface area contributed by atoms with Crippen LogP contribution in [0.3, 0.4) is 0 Å². The van der Waals surface area contributed by atoms with Gasteiger partial charge in [-0.15, -0.1) is 0 Å². The van der Waals surface area contributed by atoms with Crippen LogP contribution in [0.5, 0.6) is 0 Å². The molecular formula is C18H25N3. The molecule has 3 nitrogen and oxygen atoms in total. The van der Waals surface area contributed by atoms with Gasteiger partial charge in [-0.05, 0) is 24.8 Å². The minimum atomic E-state index is 0.0426. The Kier molecular flexibility index (Phi) is 3.62. The summed E-state index contributed by atoms with van der Waals surface area (Å²) < 4.78 is 2.18. The Bertz CT molecular complexity index is 620. The lowest BCUT2D eigenvalue weighted by atomic mass is 9.82. The standard InChI is InChI=1S/C18H25N3/c1-18(2,3)17-16-14(19)10-7-11-15(16)21(20-17)12-13-8-5-4-6-9-13/h4-6,8-9,14H,7,10-12,19H2,1-3H3. The summed E-state index contributed by atoms with van der Waals surface area (Å²) in [6.45, 7) is 7.52. The van der Waals surface area contributed by atoms with Crippen LogP contribution in [0.1, 0.15) is 62.2 Å². The Morgan fingerprint density at radius 3 is 2.62 bits per heavy atom. The molecule has 21 heavy (non-hydrogen) atoms. The predicted molar refractivity (Wildman–Crippen MR) is 86.3 cm³/mol. The zero-order valence-corrected chi connectivity index (χ0v) is 13.3. The van der Waals surface area contributed by atoms with Crippen LogP contribution in [0, 0.1) is 0 Å². The Hall–Kier alpha value is -1.61. The van der Waals surface area contributed by atoms with Crippen molar-refractivity contribution in [2.45, 2.75) is 58.0 Å². The Balaban J connectivity index is 2.05. The van der Waals surface area contributed by atoms with Crippen molar-refractivity contribution in [3.8, 4) is 0 Å². The quantitative estimate of drug-likeness (QED) is 0.915. The monoisotopic (exact) mass is 283 g/mol. The Labute approximate surface area is 127 Å². The second-order valence-electron chi connectivity index (χ2n) is 7.10. The first-order valence-corrected chi connectivity index (χ1v) is 7.86. The van der Waals surface area contributed by atoms with E-state index < -0.39 is 0 Å². The Morgan fingerprint density at radius 1 is 1.24 bits per heavy atom. The van der Waals surface area contributed by atoms with E-state index in [2.05, 4.69) is 55.8 Å². The van der Waals surface area contributed by atoms with Crippen molar-refractivity contribution in [2.75, 3.05) is 0 Å². The molecule has 0 radical (unpaired) electrons. The molecule has 1 heterocycles. The van der Waals surface area contributed by atoms with Crippen LogP contribution in [0.2, 0.25) is 0 Å². The molecule has 0 amide bonds. The molecule has 0 fully saturated rings. The molecule has 3 heteroatoms. The van der Waals surface area contributed by atoms with Gasteiger partial charge < -0.3 is 5.73 Å². The second kappa shape index (κ2) is 5.30. The third kappa shape index (κ3) is 2.75. The summed E-state index contributed by atoms with van der Waals surface area (Å²) in [7, 11) is 0. The molecule has 1 aromatic heterocycles. The molecule has 112 valence electrons. The summed E-state index contributed by atoms with van der Waals surface area (Å²) in [5.74, 6) is 0. The fourth-order valence-electron chi connectivity index (χ4n) is 3.24. The van der Waals surface area contributed by atoms with Gasteiger partial charge in [-0.3, -0.25) is 4.68 Å². The first kappa shape index (κ1) is 14.3. The highest BCUT2D eigenvalue weighted by Gasteiger charge is 2.31. The van der Waals surface area contributed by atoms with E-state index in [-0.39, 0.29) is 11.5 Å². The lowest BCUT2D eigenvalue weighted by Crippen LogP contribution is -2.22. The second-order valence-corrected chi connectivity index (χ2v) is 7.10. The molecule has 1 aliphatic carbocycles. The smallest absolute Gasteiger partial charge is 0.0728 e. The minimum Gasteiger partial charge on any atom is -0.324 e. The third-order valence-corrected chi connectivity index (χ3v) is 4.28. The number of rotatable bonds is 2. The zero-order valence-electron chi connectivity index (χ0n) is 13.3. The lowest BCUT2D eigenvalue weighted by Gasteiger charge is -2.24. The molecule has 1 aromatic carbocycles. The van der Waals surface area contributed by atoms with Gasteiger partial charge >= 0.3 is 0 Å². The van der Waals surface area contributed by atoms with E-state index >= 15 is 0 Å². The SMILES string of the molecule is CC(C)(C)c1nn(Cc2ccccc2)c2c1C(N)CCC2. The molecule has 1 atom stereocenters. The number of aromatic nitrogens is 2. The van der Waals surface area contributed by atoms with Crippen molar-refractivity contribution in [1.82, 2.24) is 9.78 Å². The number of fused-ring (bicyclic) bond motifs is 1. The number of nitrogens with two attached hydrogens (primary N) is 1. The molecule has 0 spiro atoms. The first-order valence-electron chi connectivity index (χ1n) is 7.86. The van der Waals surface area contributed by atoms with Gasteiger partial charge in [0.1, 0.15) is 0 Å². The minimum absolute atomic E-state index is 0.0426. The molecule has 1 unspecified atom stereocenters. The summed E-state index contributed by atoms with van der Waals surface area (Å²) in [6, 6.07) is 10.7. The number of benzene rings is 1. The third-order valence-electron chi connectivity index (χ3n) is 4.28. The molecule has 0 bridgehead atoms. The van der Waals surface area contributed by atoms with Crippen molar-refractivity contribution in [3.63, 3.8) is 0 Å². The van der Waals surface area contributed by atoms with Crippen LogP contribution in [0.15, 0.2) is 30.3 Å². The summed E-state index contributed by atoms with van der Waals surface area (Å²) in [5, 5.41) is 4.95. The number of nitrogens with zero attached hydrogens (tertiary/aromatic N) is 2. The summed E-state index contributed by atoms with van der Waals surface area (Å²) in [4.78, 5) is 0. The molecule has 1 aliphatic rings. The highest BCUT2D eigenvalue weighted by atomic mass is 15.3. The summed E-state index contributed by atoms with van der Waals surface area (Å²) >= 11 is 0. The van der Waals surface area contributed by atoms with E-state index in [0.717, 1.165) is 25.8 Å². The predicted octanol–water partition coefficient (Wildman–Crippen LogP) is 3.57. The van der Waals surface area contributed by atoms with E-state index in [0.29, 0.717) is 0 Å². The first-order chi connectivity index (χ1) is 9.97. The van der Waals surface area contributed by atoms with E-state index in [1.807, 2.05) is 0 Å². The lowest BCUT2D eigenvalue weighted by molar-refractivity contribution is 0.524. The van der Waals surface area contributed by atoms with E-state index in [9.17, 15) is 0 Å². The molecule has 0 saturated carbocycles. The van der Waals surface area contributed by atoms with Crippen molar-refractivity contribution in [3.05, 3.63) is 52.8 Å². The van der Waals surface area contributed by atoms with Crippen LogP contribution in [-0.4, -0.2) is 9.78 Å². The van der Waals surface area contributed by atoms with Crippen LogP contribution in [0.4, 0.5) is 0 Å². The fraction of sp³-hybridized carbons (Fsp3) is 0.500. The molecule has 2 N–H and O–H groups in total. The van der Waals surface area contributed by atoms with Gasteiger partial charge in [-0.1, -0.05) is 51.1 Å². The molecule has 0 saturated heterocycles. The van der Waals surface area contributed by atoms with Crippen molar-refractivity contribution >= 4 is 0 Å². The van der Waals surface area contributed by atoms with E-state index in [1.165, 1.54) is 22.5 Å². The zero-order chi connectivity index (χ0) is 15.0. The van der Waals surface area contributed by atoms with Gasteiger partial charge in [-0.25, -0.2) is 0 Å². The van der Waals surface area contributed by atoms with Crippen LogP contribution in [-0.2, 0) is 18.4 Å². The highest BCUT2D eigenvalue weighted by Crippen LogP contribution is 2.36. The largest absolute Gasteiger partial charge is 0.324 e. The number of hydrogen-bond donors (Lipinski definition) is 1. The van der Waals surface area contributed by atoms with Gasteiger partial charge in [0, 0.05) is 22.7 Å². The summed E-state index contributed by atoms with van der Waals surface area (Å²) in [6.07, 6.45) is 3.34. The number of hydrogen-bond acceptors (Lipinski definition) is 2. The van der Waals surface area contributed by atoms with Gasteiger partial charge in [0.15, 0.2) is 0 Å². The molecule has 2 aromatic rings. The maximum absolute atomic E-state index is 6.40. The van der Waals surface area contributed by atoms with E-state index in [1.54, 1.807) is 0 Å². The van der Waals surface area contributed by atoms with Gasteiger partial charge in [0.05, 0.1) is 12.2 Å². The van der Waals surface area contributed by atoms with Crippen molar-refractivity contribution in [1.29, 1.82) is 0 Å². The summed E-state index contributed by atoms with van der Waals surface area (Å²) in [5.41, 5.74) is 11.6. The molecule has 0 aliphatic heterocycles. The normalized spacial score (nSPS) is 18.6. The average molecular weight is 283 g/mol. The van der Waals surface area contributed by atoms with Crippen LogP contribution < -0.4 is 5.73 Å². The fourth-order valence-corrected chi connectivity index (χ4v) is 3.24. The van der Waals surface area contributed by atoms with Crippen molar-refractivity contribution < 1.29 is 0 Å². The molecular weight excluding hydrogens is 258 g/mol. The maximum atomic E-state index is 6.40. The van der Waals surface area contributed by atoms with Crippen molar-refractivity contribution in [2.24, 2.45) is 5.73 Å². The van der Waals surface area contributed by atoms with Gasteiger partial charge in [0.2, 0.25) is 0 Å². The average Bonchev–Trinajstić information content (AvgIpc) is 2.80. The van der Waals surface area contributed by atoms with Gasteiger partial charge in [-0.2, -0.15) is 5.10 Å². The highest BCUT2D eigenvalue weighted by molar-refractivity contribution is 5.36.